The summed E-state index contributed by atoms with van der Waals surface area (Å²) >= 11 is 0. The zero-order valence-corrected chi connectivity index (χ0v) is 11.1. The maximum Gasteiger partial charge on any atom is 0.253 e. The molecule has 0 spiro atoms. The van der Waals surface area contributed by atoms with Crippen LogP contribution in [0.2, 0.25) is 0 Å². The van der Waals surface area contributed by atoms with E-state index < -0.39 is 6.23 Å². The fraction of sp³-hybridized carbons (Fsp3) is 0.188. The summed E-state index contributed by atoms with van der Waals surface area (Å²) in [5, 5.41) is 2.87. The highest BCUT2D eigenvalue weighted by atomic mass is 16.5. The van der Waals surface area contributed by atoms with Crippen LogP contribution >= 0.6 is 0 Å². The van der Waals surface area contributed by atoms with E-state index in [-0.39, 0.29) is 5.91 Å². The molecule has 3 nitrogen and oxygen atoms in total. The van der Waals surface area contributed by atoms with Gasteiger partial charge < -0.3 is 10.1 Å². The van der Waals surface area contributed by atoms with Crippen LogP contribution in [-0.2, 0) is 4.74 Å². The molecule has 2 aromatic rings. The van der Waals surface area contributed by atoms with E-state index in [1.165, 1.54) is 0 Å². The van der Waals surface area contributed by atoms with Crippen molar-refractivity contribution in [2.24, 2.45) is 0 Å². The Hall–Kier alpha value is -2.13. The number of benzene rings is 2. The fourth-order valence-electron chi connectivity index (χ4n) is 1.89. The minimum atomic E-state index is -0.436. The molecule has 1 unspecified atom stereocenters. The van der Waals surface area contributed by atoms with Crippen molar-refractivity contribution < 1.29 is 9.53 Å². The van der Waals surface area contributed by atoms with E-state index >= 15 is 0 Å². The Morgan fingerprint density at radius 1 is 1.11 bits per heavy atom. The zero-order chi connectivity index (χ0) is 13.7. The number of methoxy groups -OCH3 is 1. The van der Waals surface area contributed by atoms with E-state index in [2.05, 4.69) is 5.32 Å². The van der Waals surface area contributed by atoms with Crippen LogP contribution in [0.5, 0.6) is 0 Å². The quantitative estimate of drug-likeness (QED) is 0.853. The molecule has 1 atom stereocenters. The first-order valence-corrected chi connectivity index (χ1v) is 6.16. The first-order chi connectivity index (χ1) is 9.20. The molecule has 2 aromatic carbocycles. The molecule has 1 N–H and O–H groups in total. The SMILES string of the molecule is COC(NC(=O)c1cccc(C)c1)c1ccccc1. The van der Waals surface area contributed by atoms with Gasteiger partial charge in [-0.25, -0.2) is 0 Å². The average Bonchev–Trinajstić information content (AvgIpc) is 2.45. The summed E-state index contributed by atoms with van der Waals surface area (Å²) in [4.78, 5) is 12.1. The van der Waals surface area contributed by atoms with Crippen LogP contribution in [0.25, 0.3) is 0 Å². The summed E-state index contributed by atoms with van der Waals surface area (Å²) in [6.45, 7) is 1.96. The minimum Gasteiger partial charge on any atom is -0.357 e. The molecule has 0 aliphatic heterocycles. The number of carbonyl (C=O) groups excluding carboxylic acids is 1. The van der Waals surface area contributed by atoms with Crippen molar-refractivity contribution in [1.29, 1.82) is 0 Å². The summed E-state index contributed by atoms with van der Waals surface area (Å²) < 4.78 is 5.33. The first kappa shape index (κ1) is 13.3. The van der Waals surface area contributed by atoms with Crippen molar-refractivity contribution in [3.8, 4) is 0 Å². The third-order valence-corrected chi connectivity index (χ3v) is 2.88. The van der Waals surface area contributed by atoms with Crippen LogP contribution in [0.3, 0.4) is 0 Å². The van der Waals surface area contributed by atoms with Gasteiger partial charge in [0.2, 0.25) is 0 Å². The molecule has 0 saturated heterocycles. The maximum absolute atomic E-state index is 12.1. The lowest BCUT2D eigenvalue weighted by Crippen LogP contribution is -2.29. The highest BCUT2D eigenvalue weighted by Crippen LogP contribution is 2.14. The van der Waals surface area contributed by atoms with Gasteiger partial charge in [-0.2, -0.15) is 0 Å². The molecule has 98 valence electrons. The predicted octanol–water partition coefficient (Wildman–Crippen LogP) is 3.07. The molecule has 0 aliphatic carbocycles. The molecular formula is C16H17NO2. The molecule has 19 heavy (non-hydrogen) atoms. The van der Waals surface area contributed by atoms with Crippen molar-refractivity contribution in [2.75, 3.05) is 7.11 Å². The van der Waals surface area contributed by atoms with Crippen LogP contribution in [0, 0.1) is 6.92 Å². The van der Waals surface area contributed by atoms with Crippen LogP contribution in [0.15, 0.2) is 54.6 Å². The summed E-state index contributed by atoms with van der Waals surface area (Å²) in [5.74, 6) is -0.139. The van der Waals surface area contributed by atoms with Gasteiger partial charge in [0.25, 0.3) is 5.91 Å². The number of carbonyl (C=O) groups is 1. The summed E-state index contributed by atoms with van der Waals surface area (Å²) in [6.07, 6.45) is -0.436. The van der Waals surface area contributed by atoms with E-state index in [0.717, 1.165) is 11.1 Å². The second kappa shape index (κ2) is 6.16. The Balaban J connectivity index is 2.13. The largest absolute Gasteiger partial charge is 0.357 e. The summed E-state index contributed by atoms with van der Waals surface area (Å²) in [5.41, 5.74) is 2.62. The van der Waals surface area contributed by atoms with Gasteiger partial charge in [-0.15, -0.1) is 0 Å². The second-order valence-corrected chi connectivity index (χ2v) is 4.37. The van der Waals surface area contributed by atoms with Gasteiger partial charge in [-0.1, -0.05) is 48.0 Å². The highest BCUT2D eigenvalue weighted by Gasteiger charge is 2.14. The molecule has 0 fully saturated rings. The van der Waals surface area contributed by atoms with Crippen LogP contribution in [0.4, 0.5) is 0 Å². The minimum absolute atomic E-state index is 0.139. The summed E-state index contributed by atoms with van der Waals surface area (Å²) in [6, 6.07) is 17.1. The number of amides is 1. The van der Waals surface area contributed by atoms with E-state index in [0.29, 0.717) is 5.56 Å². The monoisotopic (exact) mass is 255 g/mol. The summed E-state index contributed by atoms with van der Waals surface area (Å²) in [7, 11) is 1.58. The molecule has 0 heterocycles. The van der Waals surface area contributed by atoms with Crippen LogP contribution < -0.4 is 5.32 Å². The smallest absolute Gasteiger partial charge is 0.253 e. The third kappa shape index (κ3) is 3.42. The highest BCUT2D eigenvalue weighted by molar-refractivity contribution is 5.94. The molecule has 2 rings (SSSR count). The second-order valence-electron chi connectivity index (χ2n) is 4.37. The Morgan fingerprint density at radius 3 is 2.47 bits per heavy atom. The molecule has 0 aliphatic rings. The van der Waals surface area contributed by atoms with E-state index in [1.54, 1.807) is 13.2 Å². The molecule has 0 aromatic heterocycles. The Morgan fingerprint density at radius 2 is 1.84 bits per heavy atom. The lowest BCUT2D eigenvalue weighted by molar-refractivity contribution is 0.0575. The van der Waals surface area contributed by atoms with Crippen molar-refractivity contribution in [3.05, 3.63) is 71.3 Å². The topological polar surface area (TPSA) is 38.3 Å². The molecular weight excluding hydrogens is 238 g/mol. The molecule has 0 bridgehead atoms. The number of nitrogens with one attached hydrogen (secondary N) is 1. The van der Waals surface area contributed by atoms with Gasteiger partial charge in [0.15, 0.2) is 6.23 Å². The Labute approximate surface area is 113 Å². The van der Waals surface area contributed by atoms with Gasteiger partial charge in [-0.05, 0) is 19.1 Å². The third-order valence-electron chi connectivity index (χ3n) is 2.88. The van der Waals surface area contributed by atoms with Crippen LogP contribution in [0.1, 0.15) is 27.7 Å². The van der Waals surface area contributed by atoms with Crippen LogP contribution in [-0.4, -0.2) is 13.0 Å². The number of aryl methyl sites for hydroxylation is 1. The van der Waals surface area contributed by atoms with E-state index in [4.69, 9.17) is 4.74 Å². The number of hydrogen-bond donors (Lipinski definition) is 1. The van der Waals surface area contributed by atoms with Crippen molar-refractivity contribution in [1.82, 2.24) is 5.32 Å². The van der Waals surface area contributed by atoms with Crippen molar-refractivity contribution >= 4 is 5.91 Å². The van der Waals surface area contributed by atoms with Crippen molar-refractivity contribution in [3.63, 3.8) is 0 Å². The maximum atomic E-state index is 12.1. The van der Waals surface area contributed by atoms with Gasteiger partial charge in [-0.3, -0.25) is 4.79 Å². The zero-order valence-electron chi connectivity index (χ0n) is 11.1. The van der Waals surface area contributed by atoms with E-state index in [1.807, 2.05) is 55.5 Å². The van der Waals surface area contributed by atoms with Gasteiger partial charge in [0.05, 0.1) is 0 Å². The molecule has 1 amide bonds. The molecule has 0 radical (unpaired) electrons. The average molecular weight is 255 g/mol. The predicted molar refractivity (Wildman–Crippen MR) is 74.8 cm³/mol. The Kier molecular flexibility index (Phi) is 4.31. The first-order valence-electron chi connectivity index (χ1n) is 6.16. The molecule has 3 heteroatoms. The number of ether oxygens (including phenoxy) is 1. The van der Waals surface area contributed by atoms with Gasteiger partial charge in [0, 0.05) is 18.2 Å². The number of rotatable bonds is 4. The molecule has 0 saturated carbocycles. The standard InChI is InChI=1S/C16H17NO2/c1-12-7-6-10-14(11-12)15(18)17-16(19-2)13-8-4-3-5-9-13/h3-11,16H,1-2H3,(H,17,18). The normalized spacial score (nSPS) is 11.9. The van der Waals surface area contributed by atoms with Gasteiger partial charge >= 0.3 is 0 Å². The fourth-order valence-corrected chi connectivity index (χ4v) is 1.89. The van der Waals surface area contributed by atoms with Gasteiger partial charge in [0.1, 0.15) is 0 Å². The Bertz CT molecular complexity index is 552. The number of hydrogen-bond acceptors (Lipinski definition) is 2. The lowest BCUT2D eigenvalue weighted by Gasteiger charge is -2.17. The van der Waals surface area contributed by atoms with E-state index in [9.17, 15) is 4.79 Å². The van der Waals surface area contributed by atoms with Crippen molar-refractivity contribution in [2.45, 2.75) is 13.2 Å². The lowest BCUT2D eigenvalue weighted by atomic mass is 10.1.